The largest absolute Gasteiger partial charge is 0.484 e. The maximum absolute atomic E-state index is 13.1. The van der Waals surface area contributed by atoms with Crippen LogP contribution in [-0.4, -0.2) is 19.1 Å². The maximum atomic E-state index is 13.1. The van der Waals surface area contributed by atoms with Gasteiger partial charge in [-0.2, -0.15) is 13.2 Å². The molecule has 0 fully saturated rings. The standard InChI is InChI=1S/C21H18F3NO4/c1-13(14-5-3-2-4-6-14)11-25-19(26)12-28-15-7-8-16-17(21(22,23)24)10-20(27)29-18(16)9-15/h2-10,13H,11-12H2,1H3,(H,25,26). The number of alkyl halides is 3. The zero-order valence-corrected chi connectivity index (χ0v) is 15.5. The lowest BCUT2D eigenvalue weighted by Crippen LogP contribution is -2.31. The maximum Gasteiger partial charge on any atom is 0.417 e. The molecule has 2 aromatic carbocycles. The van der Waals surface area contributed by atoms with Gasteiger partial charge in [0.05, 0.1) is 5.56 Å². The third-order valence-electron chi connectivity index (χ3n) is 4.37. The Morgan fingerprint density at radius 3 is 2.55 bits per heavy atom. The van der Waals surface area contributed by atoms with Gasteiger partial charge in [0.2, 0.25) is 0 Å². The minimum absolute atomic E-state index is 0.107. The summed E-state index contributed by atoms with van der Waals surface area (Å²) in [5.41, 5.74) is -1.38. The Balaban J connectivity index is 1.63. The SMILES string of the molecule is CC(CNC(=O)COc1ccc2c(C(F)(F)F)cc(=O)oc2c1)c1ccccc1. The van der Waals surface area contributed by atoms with E-state index >= 15 is 0 Å². The highest BCUT2D eigenvalue weighted by Gasteiger charge is 2.33. The molecule has 0 spiro atoms. The molecule has 5 nitrogen and oxygen atoms in total. The number of benzene rings is 2. The van der Waals surface area contributed by atoms with Crippen molar-refractivity contribution in [3.05, 3.63) is 76.1 Å². The van der Waals surface area contributed by atoms with Gasteiger partial charge in [0.15, 0.2) is 6.61 Å². The first-order valence-electron chi connectivity index (χ1n) is 8.83. The Morgan fingerprint density at radius 1 is 1.14 bits per heavy atom. The quantitative estimate of drug-likeness (QED) is 0.627. The molecule has 1 atom stereocenters. The Labute approximate surface area is 164 Å². The van der Waals surface area contributed by atoms with Crippen LogP contribution in [0, 0.1) is 0 Å². The second-order valence-electron chi connectivity index (χ2n) is 6.54. The number of nitrogens with one attached hydrogen (secondary N) is 1. The van der Waals surface area contributed by atoms with Crippen molar-refractivity contribution < 1.29 is 27.1 Å². The first-order valence-corrected chi connectivity index (χ1v) is 8.83. The van der Waals surface area contributed by atoms with Gasteiger partial charge in [-0.05, 0) is 23.6 Å². The number of carbonyl (C=O) groups excluding carboxylic acids is 1. The number of carbonyl (C=O) groups is 1. The number of fused-ring (bicyclic) bond motifs is 1. The summed E-state index contributed by atoms with van der Waals surface area (Å²) in [5.74, 6) is -0.152. The molecule has 1 heterocycles. The van der Waals surface area contributed by atoms with Gasteiger partial charge in [0.25, 0.3) is 5.91 Å². The summed E-state index contributed by atoms with van der Waals surface area (Å²) in [4.78, 5) is 23.4. The van der Waals surface area contributed by atoms with Crippen molar-refractivity contribution >= 4 is 16.9 Å². The van der Waals surface area contributed by atoms with E-state index in [0.717, 1.165) is 17.7 Å². The summed E-state index contributed by atoms with van der Waals surface area (Å²) in [5, 5.41) is 2.48. The molecule has 0 aliphatic rings. The van der Waals surface area contributed by atoms with E-state index in [4.69, 9.17) is 9.15 Å². The van der Waals surface area contributed by atoms with Gasteiger partial charge in [-0.3, -0.25) is 4.79 Å². The molecule has 1 unspecified atom stereocenters. The molecule has 152 valence electrons. The van der Waals surface area contributed by atoms with Crippen molar-refractivity contribution in [3.8, 4) is 5.75 Å². The Kier molecular flexibility index (Phi) is 5.91. The smallest absolute Gasteiger partial charge is 0.417 e. The molecule has 1 amide bonds. The highest BCUT2D eigenvalue weighted by molar-refractivity contribution is 5.82. The van der Waals surface area contributed by atoms with Crippen molar-refractivity contribution in [2.24, 2.45) is 0 Å². The molecule has 29 heavy (non-hydrogen) atoms. The van der Waals surface area contributed by atoms with E-state index in [-0.39, 0.29) is 35.2 Å². The molecule has 0 aliphatic carbocycles. The predicted octanol–water partition coefficient (Wildman–Crippen LogP) is 4.11. The lowest BCUT2D eigenvalue weighted by Gasteiger charge is -2.14. The van der Waals surface area contributed by atoms with Crippen LogP contribution in [0.5, 0.6) is 5.75 Å². The van der Waals surface area contributed by atoms with Crippen molar-refractivity contribution in [1.29, 1.82) is 0 Å². The summed E-state index contributed by atoms with van der Waals surface area (Å²) in [6, 6.07) is 13.7. The van der Waals surface area contributed by atoms with Crippen LogP contribution in [0.2, 0.25) is 0 Å². The number of hydrogen-bond acceptors (Lipinski definition) is 4. The van der Waals surface area contributed by atoms with Gasteiger partial charge in [0, 0.05) is 24.1 Å². The number of ether oxygens (including phenoxy) is 1. The zero-order valence-electron chi connectivity index (χ0n) is 15.5. The Bertz CT molecular complexity index is 1060. The van der Waals surface area contributed by atoms with Crippen LogP contribution in [0.4, 0.5) is 13.2 Å². The first kappa shape index (κ1) is 20.4. The molecular weight excluding hydrogens is 387 g/mol. The van der Waals surface area contributed by atoms with Crippen molar-refractivity contribution in [1.82, 2.24) is 5.32 Å². The lowest BCUT2D eigenvalue weighted by molar-refractivity contribution is -0.136. The van der Waals surface area contributed by atoms with E-state index in [2.05, 4.69) is 5.32 Å². The number of amides is 1. The second-order valence-corrected chi connectivity index (χ2v) is 6.54. The van der Waals surface area contributed by atoms with Gasteiger partial charge in [-0.1, -0.05) is 37.3 Å². The third-order valence-corrected chi connectivity index (χ3v) is 4.37. The summed E-state index contributed by atoms with van der Waals surface area (Å²) in [6.07, 6.45) is -4.69. The zero-order chi connectivity index (χ0) is 21.0. The minimum Gasteiger partial charge on any atom is -0.484 e. The first-order chi connectivity index (χ1) is 13.7. The number of halogens is 3. The lowest BCUT2D eigenvalue weighted by atomic mass is 10.0. The summed E-state index contributed by atoms with van der Waals surface area (Å²) < 4.78 is 49.3. The minimum atomic E-state index is -4.69. The van der Waals surface area contributed by atoms with Crippen LogP contribution in [0.1, 0.15) is 24.0 Å². The predicted molar refractivity (Wildman–Crippen MR) is 101 cm³/mol. The Morgan fingerprint density at radius 2 is 1.86 bits per heavy atom. The van der Waals surface area contributed by atoms with Crippen LogP contribution in [0.15, 0.2) is 63.8 Å². The van der Waals surface area contributed by atoms with E-state index < -0.39 is 17.4 Å². The second kappa shape index (κ2) is 8.38. The molecule has 1 N–H and O–H groups in total. The molecule has 0 bridgehead atoms. The topological polar surface area (TPSA) is 68.5 Å². The highest BCUT2D eigenvalue weighted by atomic mass is 19.4. The number of rotatable bonds is 6. The van der Waals surface area contributed by atoms with Crippen LogP contribution >= 0.6 is 0 Å². The van der Waals surface area contributed by atoms with Gasteiger partial charge in [-0.15, -0.1) is 0 Å². The fraction of sp³-hybridized carbons (Fsp3) is 0.238. The van der Waals surface area contributed by atoms with E-state index in [9.17, 15) is 22.8 Å². The molecule has 8 heteroatoms. The number of hydrogen-bond donors (Lipinski definition) is 1. The highest BCUT2D eigenvalue weighted by Crippen LogP contribution is 2.34. The average Bonchev–Trinajstić information content (AvgIpc) is 2.69. The van der Waals surface area contributed by atoms with Crippen LogP contribution in [-0.2, 0) is 11.0 Å². The van der Waals surface area contributed by atoms with Gasteiger partial charge in [0.1, 0.15) is 11.3 Å². The summed E-state index contributed by atoms with van der Waals surface area (Å²) in [7, 11) is 0. The molecule has 1 aromatic heterocycles. The molecule has 0 radical (unpaired) electrons. The third kappa shape index (κ3) is 5.16. The molecule has 0 aliphatic heterocycles. The van der Waals surface area contributed by atoms with Gasteiger partial charge < -0.3 is 14.5 Å². The van der Waals surface area contributed by atoms with Crippen molar-refractivity contribution in [3.63, 3.8) is 0 Å². The molecule has 3 aromatic rings. The fourth-order valence-corrected chi connectivity index (χ4v) is 2.83. The van der Waals surface area contributed by atoms with Crippen LogP contribution < -0.4 is 15.7 Å². The van der Waals surface area contributed by atoms with Gasteiger partial charge >= 0.3 is 11.8 Å². The fourth-order valence-electron chi connectivity index (χ4n) is 2.83. The van der Waals surface area contributed by atoms with Crippen LogP contribution in [0.25, 0.3) is 11.0 Å². The average molecular weight is 405 g/mol. The summed E-state index contributed by atoms with van der Waals surface area (Å²) in [6.45, 7) is 2.06. The Hall–Kier alpha value is -3.29. The van der Waals surface area contributed by atoms with E-state index in [1.165, 1.54) is 6.07 Å². The molecular formula is C21H18F3NO4. The molecule has 3 rings (SSSR count). The van der Waals surface area contributed by atoms with E-state index in [0.29, 0.717) is 12.6 Å². The monoisotopic (exact) mass is 405 g/mol. The molecule has 0 saturated carbocycles. The van der Waals surface area contributed by atoms with E-state index in [1.54, 1.807) is 0 Å². The summed E-state index contributed by atoms with van der Waals surface area (Å²) >= 11 is 0. The molecule has 0 saturated heterocycles. The van der Waals surface area contributed by atoms with Gasteiger partial charge in [-0.25, -0.2) is 4.79 Å². The van der Waals surface area contributed by atoms with Crippen molar-refractivity contribution in [2.75, 3.05) is 13.2 Å². The van der Waals surface area contributed by atoms with E-state index in [1.807, 2.05) is 37.3 Å². The van der Waals surface area contributed by atoms with Crippen LogP contribution in [0.3, 0.4) is 0 Å². The van der Waals surface area contributed by atoms with Crippen molar-refractivity contribution in [2.45, 2.75) is 19.0 Å². The normalized spacial score (nSPS) is 12.6.